The summed E-state index contributed by atoms with van der Waals surface area (Å²) in [6.45, 7) is 2.43. The molecule has 0 aromatic heterocycles. The molecule has 0 heterocycles. The Morgan fingerprint density at radius 3 is 2.50 bits per heavy atom. The van der Waals surface area contributed by atoms with Crippen LogP contribution >= 0.6 is 23.2 Å². The van der Waals surface area contributed by atoms with E-state index in [1.54, 1.807) is 6.21 Å². The van der Waals surface area contributed by atoms with Crippen LogP contribution in [0.25, 0.3) is 0 Å². The zero-order valence-corrected chi connectivity index (χ0v) is 15.8. The van der Waals surface area contributed by atoms with Gasteiger partial charge >= 0.3 is 0 Å². The van der Waals surface area contributed by atoms with E-state index in [0.717, 1.165) is 22.4 Å². The molecule has 0 aliphatic heterocycles. The van der Waals surface area contributed by atoms with Crippen LogP contribution in [0.4, 0.5) is 5.69 Å². The fourth-order valence-electron chi connectivity index (χ4n) is 2.29. The van der Waals surface area contributed by atoms with Gasteiger partial charge in [0.05, 0.1) is 16.9 Å². The van der Waals surface area contributed by atoms with Crippen LogP contribution in [0.2, 0.25) is 10.0 Å². The summed E-state index contributed by atoms with van der Waals surface area (Å²) in [6.07, 6.45) is 1.70. The van der Waals surface area contributed by atoms with Crippen LogP contribution in [-0.4, -0.2) is 6.21 Å². The van der Waals surface area contributed by atoms with Crippen molar-refractivity contribution in [2.75, 3.05) is 5.43 Å². The monoisotopic (exact) mass is 384 g/mol. The standard InChI is InChI=1S/C21H18Cl2N2O/c1-15-7-9-18(12-19(15)22)25-24-13-17-8-10-21(20(23)11-17)26-14-16-5-3-2-4-6-16/h2-13,25H,14H2,1H3/b24-13+. The molecule has 0 radical (unpaired) electrons. The molecule has 0 saturated carbocycles. The van der Waals surface area contributed by atoms with Crippen LogP contribution < -0.4 is 10.2 Å². The van der Waals surface area contributed by atoms with E-state index >= 15 is 0 Å². The number of hydrogen-bond donors (Lipinski definition) is 1. The first-order chi connectivity index (χ1) is 12.6. The normalized spacial score (nSPS) is 10.9. The van der Waals surface area contributed by atoms with Gasteiger partial charge in [-0.1, -0.05) is 59.6 Å². The molecule has 0 bridgehead atoms. The van der Waals surface area contributed by atoms with Gasteiger partial charge in [-0.2, -0.15) is 5.10 Å². The smallest absolute Gasteiger partial charge is 0.138 e. The molecule has 3 nitrogen and oxygen atoms in total. The molecule has 3 aromatic rings. The maximum atomic E-state index is 6.31. The van der Waals surface area contributed by atoms with E-state index in [2.05, 4.69) is 10.5 Å². The summed E-state index contributed by atoms with van der Waals surface area (Å²) in [5.74, 6) is 0.644. The van der Waals surface area contributed by atoms with E-state index in [1.807, 2.05) is 73.7 Å². The SMILES string of the molecule is Cc1ccc(N/N=C/c2ccc(OCc3ccccc3)c(Cl)c2)cc1Cl. The van der Waals surface area contributed by atoms with Crippen molar-refractivity contribution in [3.05, 3.63) is 93.5 Å². The summed E-state index contributed by atoms with van der Waals surface area (Å²) in [7, 11) is 0. The van der Waals surface area contributed by atoms with Gasteiger partial charge in [0.1, 0.15) is 12.4 Å². The number of aryl methyl sites for hydroxylation is 1. The van der Waals surface area contributed by atoms with E-state index in [-0.39, 0.29) is 0 Å². The number of benzene rings is 3. The minimum Gasteiger partial charge on any atom is -0.487 e. The highest BCUT2D eigenvalue weighted by Crippen LogP contribution is 2.26. The number of hydrazone groups is 1. The number of halogens is 2. The summed E-state index contributed by atoms with van der Waals surface area (Å²) in [6, 6.07) is 21.2. The maximum absolute atomic E-state index is 6.31. The Labute approximate surface area is 163 Å². The Bertz CT molecular complexity index is 911. The van der Waals surface area contributed by atoms with Crippen molar-refractivity contribution in [2.45, 2.75) is 13.5 Å². The highest BCUT2D eigenvalue weighted by molar-refractivity contribution is 6.32. The molecule has 0 aliphatic rings. The summed E-state index contributed by atoms with van der Waals surface area (Å²) in [4.78, 5) is 0. The molecular formula is C21H18Cl2N2O. The third-order valence-corrected chi connectivity index (χ3v) is 4.47. The number of nitrogens with one attached hydrogen (secondary N) is 1. The van der Waals surface area contributed by atoms with Crippen LogP contribution in [0.5, 0.6) is 5.75 Å². The van der Waals surface area contributed by atoms with Gasteiger partial charge in [-0.15, -0.1) is 0 Å². The van der Waals surface area contributed by atoms with E-state index < -0.39 is 0 Å². The van der Waals surface area contributed by atoms with Gasteiger partial charge in [0, 0.05) is 5.02 Å². The van der Waals surface area contributed by atoms with Crippen molar-refractivity contribution in [2.24, 2.45) is 5.10 Å². The van der Waals surface area contributed by atoms with Crippen LogP contribution in [0.15, 0.2) is 71.8 Å². The zero-order chi connectivity index (χ0) is 18.4. The number of ether oxygens (including phenoxy) is 1. The number of hydrogen-bond acceptors (Lipinski definition) is 3. The van der Waals surface area contributed by atoms with Crippen LogP contribution in [0, 0.1) is 6.92 Å². The Balaban J connectivity index is 1.60. The van der Waals surface area contributed by atoms with Gasteiger partial charge in [-0.25, -0.2) is 0 Å². The van der Waals surface area contributed by atoms with Crippen molar-refractivity contribution >= 4 is 35.1 Å². The third-order valence-electron chi connectivity index (χ3n) is 3.77. The molecule has 3 aromatic carbocycles. The first-order valence-corrected chi connectivity index (χ1v) is 8.89. The lowest BCUT2D eigenvalue weighted by atomic mass is 10.2. The molecule has 0 atom stereocenters. The Kier molecular flexibility index (Phi) is 6.16. The van der Waals surface area contributed by atoms with Crippen molar-refractivity contribution in [1.29, 1.82) is 0 Å². The van der Waals surface area contributed by atoms with Gasteiger partial charge in [0.15, 0.2) is 0 Å². The highest BCUT2D eigenvalue weighted by atomic mass is 35.5. The molecule has 0 saturated heterocycles. The molecule has 0 fully saturated rings. The van der Waals surface area contributed by atoms with Gasteiger partial charge in [-0.05, 0) is 53.9 Å². The molecule has 5 heteroatoms. The summed E-state index contributed by atoms with van der Waals surface area (Å²) < 4.78 is 5.77. The molecule has 0 spiro atoms. The Hall–Kier alpha value is -2.49. The Morgan fingerprint density at radius 2 is 1.77 bits per heavy atom. The fourth-order valence-corrected chi connectivity index (χ4v) is 2.72. The maximum Gasteiger partial charge on any atom is 0.138 e. The Morgan fingerprint density at radius 1 is 0.962 bits per heavy atom. The quantitative estimate of drug-likeness (QED) is 0.398. The molecular weight excluding hydrogens is 367 g/mol. The lowest BCUT2D eigenvalue weighted by Gasteiger charge is -2.08. The molecule has 1 N–H and O–H groups in total. The molecule has 132 valence electrons. The van der Waals surface area contributed by atoms with Crippen molar-refractivity contribution in [3.8, 4) is 5.75 Å². The first-order valence-electron chi connectivity index (χ1n) is 8.13. The number of nitrogens with zero attached hydrogens (tertiary/aromatic N) is 1. The average Bonchev–Trinajstić information content (AvgIpc) is 2.65. The number of rotatable bonds is 6. The summed E-state index contributed by atoms with van der Waals surface area (Å²) >= 11 is 12.4. The van der Waals surface area contributed by atoms with Crippen LogP contribution in [0.3, 0.4) is 0 Å². The minimum absolute atomic E-state index is 0.476. The number of anilines is 1. The van der Waals surface area contributed by atoms with E-state index in [0.29, 0.717) is 22.4 Å². The van der Waals surface area contributed by atoms with Crippen LogP contribution in [-0.2, 0) is 6.61 Å². The van der Waals surface area contributed by atoms with Gasteiger partial charge in [0.2, 0.25) is 0 Å². The van der Waals surface area contributed by atoms with Crippen LogP contribution in [0.1, 0.15) is 16.7 Å². The second kappa shape index (κ2) is 8.75. The first kappa shape index (κ1) is 18.3. The lowest BCUT2D eigenvalue weighted by molar-refractivity contribution is 0.306. The molecule has 3 rings (SSSR count). The fraction of sp³-hybridized carbons (Fsp3) is 0.0952. The van der Waals surface area contributed by atoms with Gasteiger partial charge in [0.25, 0.3) is 0 Å². The largest absolute Gasteiger partial charge is 0.487 e. The highest BCUT2D eigenvalue weighted by Gasteiger charge is 2.03. The van der Waals surface area contributed by atoms with Gasteiger partial charge < -0.3 is 4.74 Å². The summed E-state index contributed by atoms with van der Waals surface area (Å²) in [5.41, 5.74) is 6.77. The van der Waals surface area contributed by atoms with Gasteiger partial charge in [-0.3, -0.25) is 5.43 Å². The molecule has 0 unspecified atom stereocenters. The molecule has 26 heavy (non-hydrogen) atoms. The van der Waals surface area contributed by atoms with Crippen molar-refractivity contribution in [3.63, 3.8) is 0 Å². The predicted molar refractivity (Wildman–Crippen MR) is 110 cm³/mol. The molecule has 0 amide bonds. The van der Waals surface area contributed by atoms with Crippen molar-refractivity contribution < 1.29 is 4.74 Å². The van der Waals surface area contributed by atoms with E-state index in [4.69, 9.17) is 27.9 Å². The van der Waals surface area contributed by atoms with Crippen molar-refractivity contribution in [1.82, 2.24) is 0 Å². The summed E-state index contributed by atoms with van der Waals surface area (Å²) in [5, 5.41) is 5.46. The second-order valence-corrected chi connectivity index (χ2v) is 6.61. The minimum atomic E-state index is 0.476. The third kappa shape index (κ3) is 5.01. The molecule has 0 aliphatic carbocycles. The average molecular weight is 385 g/mol. The van der Waals surface area contributed by atoms with E-state index in [9.17, 15) is 0 Å². The lowest BCUT2D eigenvalue weighted by Crippen LogP contribution is -1.96. The zero-order valence-electron chi connectivity index (χ0n) is 14.2. The topological polar surface area (TPSA) is 33.6 Å². The predicted octanol–water partition coefficient (Wildman–Crippen LogP) is 6.33. The van der Waals surface area contributed by atoms with E-state index in [1.165, 1.54) is 0 Å². The second-order valence-electron chi connectivity index (χ2n) is 5.80.